The zero-order valence-corrected chi connectivity index (χ0v) is 12.8. The van der Waals surface area contributed by atoms with E-state index in [-0.39, 0.29) is 19.4 Å². The van der Waals surface area contributed by atoms with Gasteiger partial charge in [-0.25, -0.2) is 8.78 Å². The lowest BCUT2D eigenvalue weighted by Gasteiger charge is -2.33. The fraction of sp³-hybridized carbons (Fsp3) is 0.462. The number of hydrogen-bond donors (Lipinski definition) is 0. The van der Waals surface area contributed by atoms with Crippen LogP contribution in [0.15, 0.2) is 18.2 Å². The predicted molar refractivity (Wildman–Crippen MR) is 74.2 cm³/mol. The molecule has 1 amide bonds. The van der Waals surface area contributed by atoms with Gasteiger partial charge in [-0.15, -0.1) is 0 Å². The summed E-state index contributed by atoms with van der Waals surface area (Å²) in [6, 6.07) is 3.24. The summed E-state index contributed by atoms with van der Waals surface area (Å²) in [5.41, 5.74) is -1.67. The fourth-order valence-electron chi connectivity index (χ4n) is 2.25. The van der Waals surface area contributed by atoms with E-state index in [1.54, 1.807) is 22.6 Å². The Hall–Kier alpha value is -0.930. The number of amides is 1. The summed E-state index contributed by atoms with van der Waals surface area (Å²) in [4.78, 5) is 12.9. The molecule has 1 aliphatic rings. The van der Waals surface area contributed by atoms with E-state index in [1.165, 1.54) is 6.07 Å². The zero-order chi connectivity index (χ0) is 15.8. The number of benzene rings is 1. The van der Waals surface area contributed by atoms with E-state index >= 15 is 0 Å². The summed E-state index contributed by atoms with van der Waals surface area (Å²) in [6.07, 6.45) is -4.98. The molecular formula is C13H11F5INO. The molecule has 0 N–H and O–H groups in total. The number of nitrogens with zero attached hydrogens (tertiary/aromatic N) is 1. The summed E-state index contributed by atoms with van der Waals surface area (Å²) < 4.78 is 65.9. The average molecular weight is 419 g/mol. The maximum atomic E-state index is 13.3. The lowest BCUT2D eigenvalue weighted by molar-refractivity contribution is -0.138. The number of rotatable bonds is 1. The molecule has 0 bridgehead atoms. The third-order valence-electron chi connectivity index (χ3n) is 3.20. The Morgan fingerprint density at radius 3 is 2.52 bits per heavy atom. The highest BCUT2D eigenvalue weighted by Gasteiger charge is 2.40. The van der Waals surface area contributed by atoms with Crippen LogP contribution in [0.2, 0.25) is 0 Å². The van der Waals surface area contributed by atoms with Crippen molar-refractivity contribution in [2.45, 2.75) is 24.9 Å². The Morgan fingerprint density at radius 1 is 1.29 bits per heavy atom. The number of piperidine rings is 1. The van der Waals surface area contributed by atoms with E-state index < -0.39 is 35.7 Å². The summed E-state index contributed by atoms with van der Waals surface area (Å²) in [5, 5.41) is 0. The largest absolute Gasteiger partial charge is 0.417 e. The number of carbonyl (C=O) groups excluding carboxylic acids is 1. The molecule has 1 fully saturated rings. The highest BCUT2D eigenvalue weighted by molar-refractivity contribution is 14.1. The van der Waals surface area contributed by atoms with E-state index in [9.17, 15) is 26.7 Å². The minimum Gasteiger partial charge on any atom is -0.333 e. The second-order valence-electron chi connectivity index (χ2n) is 4.87. The Balaban J connectivity index is 2.35. The third kappa shape index (κ3) is 3.83. The van der Waals surface area contributed by atoms with Gasteiger partial charge in [0, 0.05) is 16.5 Å². The van der Waals surface area contributed by atoms with Crippen molar-refractivity contribution in [1.29, 1.82) is 0 Å². The Labute approximate surface area is 131 Å². The van der Waals surface area contributed by atoms with Gasteiger partial charge in [0.2, 0.25) is 0 Å². The average Bonchev–Trinajstić information content (AvgIpc) is 2.35. The predicted octanol–water partition coefficient (Wildman–Crippen LogP) is 4.18. The van der Waals surface area contributed by atoms with Gasteiger partial charge < -0.3 is 4.90 Å². The molecule has 1 saturated heterocycles. The van der Waals surface area contributed by atoms with Gasteiger partial charge in [-0.05, 0) is 47.2 Å². The van der Waals surface area contributed by atoms with Gasteiger partial charge in [-0.1, -0.05) is 0 Å². The molecule has 0 atom stereocenters. The van der Waals surface area contributed by atoms with Gasteiger partial charge in [0.25, 0.3) is 11.8 Å². The first-order valence-electron chi connectivity index (χ1n) is 6.14. The smallest absolute Gasteiger partial charge is 0.333 e. The zero-order valence-electron chi connectivity index (χ0n) is 10.7. The van der Waals surface area contributed by atoms with E-state index in [2.05, 4.69) is 0 Å². The Kier molecular flexibility index (Phi) is 4.46. The van der Waals surface area contributed by atoms with E-state index in [4.69, 9.17) is 0 Å². The second-order valence-corrected chi connectivity index (χ2v) is 6.12. The van der Waals surface area contributed by atoms with Crippen molar-refractivity contribution in [2.24, 2.45) is 0 Å². The van der Waals surface area contributed by atoms with Crippen LogP contribution < -0.4 is 0 Å². The van der Waals surface area contributed by atoms with E-state index in [1.807, 2.05) is 0 Å². The third-order valence-corrected chi connectivity index (χ3v) is 3.87. The van der Waals surface area contributed by atoms with Gasteiger partial charge in [0.15, 0.2) is 0 Å². The van der Waals surface area contributed by atoms with Crippen LogP contribution in [-0.2, 0) is 6.18 Å². The van der Waals surface area contributed by atoms with Crippen molar-refractivity contribution in [3.05, 3.63) is 32.9 Å². The highest BCUT2D eigenvalue weighted by atomic mass is 127. The molecule has 1 aromatic rings. The van der Waals surface area contributed by atoms with Crippen molar-refractivity contribution in [2.75, 3.05) is 13.1 Å². The van der Waals surface area contributed by atoms with Crippen LogP contribution in [0.5, 0.6) is 0 Å². The number of likely N-dealkylation sites (tertiary alicyclic amines) is 1. The van der Waals surface area contributed by atoms with Crippen LogP contribution in [0.3, 0.4) is 0 Å². The summed E-state index contributed by atoms with van der Waals surface area (Å²) >= 11 is 1.70. The quantitative estimate of drug-likeness (QED) is 0.494. The first kappa shape index (κ1) is 16.4. The first-order chi connectivity index (χ1) is 9.60. The molecule has 1 aromatic carbocycles. The first-order valence-corrected chi connectivity index (χ1v) is 7.22. The number of alkyl halides is 5. The van der Waals surface area contributed by atoms with Gasteiger partial charge in [-0.3, -0.25) is 4.79 Å². The standard InChI is InChI=1S/C13H11F5INO/c14-12(15)4-1-5-20(7-12)11(21)9-3-2-8(19)6-10(9)13(16,17)18/h2-3,6H,1,4-5,7H2. The van der Waals surface area contributed by atoms with Crippen molar-refractivity contribution < 1.29 is 26.7 Å². The van der Waals surface area contributed by atoms with Crippen molar-refractivity contribution in [3.63, 3.8) is 0 Å². The van der Waals surface area contributed by atoms with Crippen molar-refractivity contribution in [3.8, 4) is 0 Å². The topological polar surface area (TPSA) is 20.3 Å². The lowest BCUT2D eigenvalue weighted by atomic mass is 10.0. The summed E-state index contributed by atoms with van der Waals surface area (Å²) in [5.74, 6) is -4.05. The monoisotopic (exact) mass is 419 g/mol. The number of hydrogen-bond acceptors (Lipinski definition) is 1. The molecule has 2 rings (SSSR count). The van der Waals surface area contributed by atoms with Crippen LogP contribution in [0.4, 0.5) is 22.0 Å². The highest BCUT2D eigenvalue weighted by Crippen LogP contribution is 2.35. The second kappa shape index (κ2) is 5.69. The normalized spacial score (nSPS) is 18.7. The maximum absolute atomic E-state index is 13.3. The van der Waals surface area contributed by atoms with E-state index in [0.717, 1.165) is 17.0 Å². The lowest BCUT2D eigenvalue weighted by Crippen LogP contribution is -2.46. The van der Waals surface area contributed by atoms with Crippen molar-refractivity contribution >= 4 is 28.5 Å². The molecule has 0 unspecified atom stereocenters. The number of carbonyl (C=O) groups is 1. The summed E-state index contributed by atoms with van der Waals surface area (Å²) in [7, 11) is 0. The minimum absolute atomic E-state index is 0.0394. The van der Waals surface area contributed by atoms with Gasteiger partial charge in [0.05, 0.1) is 17.7 Å². The molecular weight excluding hydrogens is 408 g/mol. The molecule has 1 heterocycles. The van der Waals surface area contributed by atoms with Crippen LogP contribution in [0.1, 0.15) is 28.8 Å². The molecule has 0 aliphatic carbocycles. The molecule has 2 nitrogen and oxygen atoms in total. The Bertz CT molecular complexity index is 558. The Morgan fingerprint density at radius 2 is 1.95 bits per heavy atom. The van der Waals surface area contributed by atoms with Crippen LogP contribution >= 0.6 is 22.6 Å². The van der Waals surface area contributed by atoms with Crippen LogP contribution in [-0.4, -0.2) is 29.8 Å². The van der Waals surface area contributed by atoms with Gasteiger partial charge in [-0.2, -0.15) is 13.2 Å². The molecule has 0 aromatic heterocycles. The molecule has 21 heavy (non-hydrogen) atoms. The van der Waals surface area contributed by atoms with Crippen LogP contribution in [0.25, 0.3) is 0 Å². The molecule has 1 aliphatic heterocycles. The molecule has 0 radical (unpaired) electrons. The molecule has 8 heteroatoms. The van der Waals surface area contributed by atoms with Gasteiger partial charge in [0.1, 0.15) is 0 Å². The molecule has 0 saturated carbocycles. The summed E-state index contributed by atoms with van der Waals surface area (Å²) in [6.45, 7) is -0.799. The molecule has 0 spiro atoms. The van der Waals surface area contributed by atoms with Crippen LogP contribution in [0, 0.1) is 3.57 Å². The maximum Gasteiger partial charge on any atom is 0.417 e. The van der Waals surface area contributed by atoms with E-state index in [0.29, 0.717) is 3.57 Å². The fourth-order valence-corrected chi connectivity index (χ4v) is 2.74. The molecule has 116 valence electrons. The minimum atomic E-state index is -4.70. The van der Waals surface area contributed by atoms with Gasteiger partial charge >= 0.3 is 6.18 Å². The number of halogens is 6. The SMILES string of the molecule is O=C(c1ccc(I)cc1C(F)(F)F)N1CCCC(F)(F)C1. The van der Waals surface area contributed by atoms with Crippen molar-refractivity contribution in [1.82, 2.24) is 4.90 Å².